The lowest BCUT2D eigenvalue weighted by Gasteiger charge is -2.36. The Bertz CT molecular complexity index is 1440. The lowest BCUT2D eigenvalue weighted by Crippen LogP contribution is -2.45. The normalized spacial score (nSPS) is 17.0. The van der Waals surface area contributed by atoms with Gasteiger partial charge in [-0.1, -0.05) is 18.2 Å². The number of hydrogen-bond donors (Lipinski definition) is 0. The lowest BCUT2D eigenvalue weighted by molar-refractivity contribution is -0.389. The maximum atomic E-state index is 10.9. The molecule has 0 radical (unpaired) electrons. The van der Waals surface area contributed by atoms with Gasteiger partial charge in [0.15, 0.2) is 0 Å². The minimum Gasteiger partial charge on any atom is -0.490 e. The number of nitro groups is 1. The molecule has 2 aromatic carbocycles. The van der Waals surface area contributed by atoms with E-state index in [2.05, 4.69) is 44.0 Å². The fourth-order valence-electron chi connectivity index (χ4n) is 5.03. The van der Waals surface area contributed by atoms with Crippen LogP contribution in [0.15, 0.2) is 79.1 Å². The molecule has 0 bridgehead atoms. The number of nitrogens with zero attached hydrogens (tertiary/aromatic N) is 6. The van der Waals surface area contributed by atoms with E-state index in [1.54, 1.807) is 10.8 Å². The largest absolute Gasteiger partial charge is 0.490 e. The standard InChI is InChI=1S/C30H32N6O5/c37-36(38)29-20-35-14-12-28(41-30(35)32-29)22-40-27-10-6-25(7-11-27)34-17-15-33(16-18-34)19-23-4-8-26(9-5-23)39-21-24-3-1-2-13-31-24/h1-11,13,20,28H,12,14-19,21-22H2/t28-/m1/s1. The summed E-state index contributed by atoms with van der Waals surface area (Å²) in [6.07, 6.45) is 3.68. The van der Waals surface area contributed by atoms with Crippen LogP contribution in [0.5, 0.6) is 17.5 Å². The highest BCUT2D eigenvalue weighted by Gasteiger charge is 2.28. The molecule has 4 aromatic rings. The molecule has 11 nitrogen and oxygen atoms in total. The average Bonchev–Trinajstić information content (AvgIpc) is 3.45. The van der Waals surface area contributed by atoms with Gasteiger partial charge in [-0.15, -0.1) is 0 Å². The number of fused-ring (bicyclic) bond motifs is 1. The van der Waals surface area contributed by atoms with Gasteiger partial charge >= 0.3 is 11.8 Å². The second-order valence-electron chi connectivity index (χ2n) is 10.2. The molecule has 4 heterocycles. The second-order valence-corrected chi connectivity index (χ2v) is 10.2. The third-order valence-electron chi connectivity index (χ3n) is 7.33. The molecule has 212 valence electrons. The van der Waals surface area contributed by atoms with Crippen molar-refractivity contribution in [1.82, 2.24) is 19.4 Å². The molecule has 1 saturated heterocycles. The van der Waals surface area contributed by atoms with Gasteiger partial charge in [0, 0.05) is 62.6 Å². The van der Waals surface area contributed by atoms with Crippen LogP contribution in [-0.4, -0.2) is 63.2 Å². The van der Waals surface area contributed by atoms with Gasteiger partial charge in [0.05, 0.1) is 5.69 Å². The van der Waals surface area contributed by atoms with Crippen molar-refractivity contribution >= 4 is 11.5 Å². The number of benzene rings is 2. The molecule has 2 aliphatic heterocycles. The Morgan fingerprint density at radius 1 is 0.927 bits per heavy atom. The first-order valence-corrected chi connectivity index (χ1v) is 13.8. The third-order valence-corrected chi connectivity index (χ3v) is 7.33. The van der Waals surface area contributed by atoms with Crippen LogP contribution in [0.4, 0.5) is 11.5 Å². The highest BCUT2D eigenvalue weighted by Crippen LogP contribution is 2.26. The van der Waals surface area contributed by atoms with Crippen molar-refractivity contribution < 1.29 is 19.1 Å². The molecule has 41 heavy (non-hydrogen) atoms. The van der Waals surface area contributed by atoms with Crippen LogP contribution in [0.1, 0.15) is 17.7 Å². The Labute approximate surface area is 238 Å². The van der Waals surface area contributed by atoms with Gasteiger partial charge in [-0.05, 0) is 59.0 Å². The molecule has 6 rings (SSSR count). The Morgan fingerprint density at radius 2 is 1.68 bits per heavy atom. The topological polar surface area (TPSA) is 108 Å². The van der Waals surface area contributed by atoms with Crippen molar-refractivity contribution in [2.45, 2.75) is 32.2 Å². The van der Waals surface area contributed by atoms with E-state index in [1.807, 2.05) is 42.5 Å². The summed E-state index contributed by atoms with van der Waals surface area (Å²) in [6, 6.07) is 22.6. The van der Waals surface area contributed by atoms with Gasteiger partial charge in [-0.3, -0.25) is 14.5 Å². The van der Waals surface area contributed by atoms with Gasteiger partial charge in [-0.25, -0.2) is 0 Å². The van der Waals surface area contributed by atoms with Gasteiger partial charge in [0.1, 0.15) is 37.0 Å². The van der Waals surface area contributed by atoms with E-state index in [9.17, 15) is 10.1 Å². The Morgan fingerprint density at radius 3 is 2.41 bits per heavy atom. The molecule has 2 aliphatic rings. The molecule has 1 fully saturated rings. The maximum absolute atomic E-state index is 10.9. The summed E-state index contributed by atoms with van der Waals surface area (Å²) in [6.45, 7) is 6.24. The Kier molecular flexibility index (Phi) is 7.94. The van der Waals surface area contributed by atoms with Crippen molar-refractivity contribution in [3.8, 4) is 17.5 Å². The minimum atomic E-state index is -0.511. The summed E-state index contributed by atoms with van der Waals surface area (Å²) in [5, 5.41) is 10.9. The molecule has 11 heteroatoms. The van der Waals surface area contributed by atoms with Crippen molar-refractivity contribution in [2.75, 3.05) is 37.7 Å². The van der Waals surface area contributed by atoms with Crippen LogP contribution in [0.2, 0.25) is 0 Å². The van der Waals surface area contributed by atoms with E-state index >= 15 is 0 Å². The van der Waals surface area contributed by atoms with Crippen LogP contribution in [0.3, 0.4) is 0 Å². The van der Waals surface area contributed by atoms with Gasteiger partial charge in [0.25, 0.3) is 0 Å². The molecule has 1 atom stereocenters. The lowest BCUT2D eigenvalue weighted by atomic mass is 10.2. The number of aromatic nitrogens is 3. The summed E-state index contributed by atoms with van der Waals surface area (Å²) >= 11 is 0. The zero-order chi connectivity index (χ0) is 28.0. The smallest absolute Gasteiger partial charge is 0.414 e. The van der Waals surface area contributed by atoms with Crippen molar-refractivity contribution in [3.63, 3.8) is 0 Å². The van der Waals surface area contributed by atoms with Crippen LogP contribution in [-0.2, 0) is 19.7 Å². The molecule has 0 amide bonds. The van der Waals surface area contributed by atoms with Crippen molar-refractivity contribution in [1.29, 1.82) is 0 Å². The monoisotopic (exact) mass is 556 g/mol. The predicted molar refractivity (Wildman–Crippen MR) is 152 cm³/mol. The van der Waals surface area contributed by atoms with Crippen molar-refractivity contribution in [3.05, 3.63) is 100 Å². The van der Waals surface area contributed by atoms with Crippen molar-refractivity contribution in [2.24, 2.45) is 0 Å². The van der Waals surface area contributed by atoms with Crippen LogP contribution in [0, 0.1) is 10.1 Å². The summed E-state index contributed by atoms with van der Waals surface area (Å²) in [5.74, 6) is 1.42. The molecule has 0 aliphatic carbocycles. The van der Waals surface area contributed by atoms with E-state index in [-0.39, 0.29) is 17.9 Å². The van der Waals surface area contributed by atoms with Crippen LogP contribution >= 0.6 is 0 Å². The molecule has 0 saturated carbocycles. The van der Waals surface area contributed by atoms with Gasteiger partial charge in [-0.2, -0.15) is 0 Å². The zero-order valence-corrected chi connectivity index (χ0v) is 22.7. The average molecular weight is 557 g/mol. The molecular weight excluding hydrogens is 524 g/mol. The number of ether oxygens (including phenoxy) is 3. The molecule has 2 aromatic heterocycles. The van der Waals surface area contributed by atoms with E-state index in [1.165, 1.54) is 17.4 Å². The molecular formula is C30H32N6O5. The van der Waals surface area contributed by atoms with Crippen LogP contribution in [0.25, 0.3) is 0 Å². The minimum absolute atomic E-state index is 0.199. The first-order chi connectivity index (χ1) is 20.1. The Hall–Kier alpha value is -4.64. The third kappa shape index (κ3) is 6.75. The predicted octanol–water partition coefficient (Wildman–Crippen LogP) is 4.32. The summed E-state index contributed by atoms with van der Waals surface area (Å²) in [7, 11) is 0. The number of hydrogen-bond acceptors (Lipinski definition) is 9. The first kappa shape index (κ1) is 26.6. The molecule has 0 spiro atoms. The fourth-order valence-corrected chi connectivity index (χ4v) is 5.03. The number of piperazine rings is 1. The van der Waals surface area contributed by atoms with E-state index in [4.69, 9.17) is 14.2 Å². The summed E-state index contributed by atoms with van der Waals surface area (Å²) in [5.41, 5.74) is 3.36. The summed E-state index contributed by atoms with van der Waals surface area (Å²) in [4.78, 5) is 23.5. The van der Waals surface area contributed by atoms with Gasteiger partial charge < -0.3 is 29.2 Å². The van der Waals surface area contributed by atoms with Crippen LogP contribution < -0.4 is 19.1 Å². The quantitative estimate of drug-likeness (QED) is 0.208. The second kappa shape index (κ2) is 12.3. The molecule has 0 N–H and O–H groups in total. The maximum Gasteiger partial charge on any atom is 0.414 e. The van der Waals surface area contributed by atoms with E-state index < -0.39 is 4.92 Å². The Balaban J connectivity index is 0.927. The summed E-state index contributed by atoms with van der Waals surface area (Å²) < 4.78 is 19.3. The van der Waals surface area contributed by atoms with E-state index in [0.29, 0.717) is 26.2 Å². The SMILES string of the molecule is O=[N+]([O-])c1cn2c(n1)O[C@@H](COc1ccc(N3CCN(Cc4ccc(OCc5ccccn5)cc4)CC3)cc1)CC2. The number of anilines is 1. The highest BCUT2D eigenvalue weighted by atomic mass is 16.6. The highest BCUT2D eigenvalue weighted by molar-refractivity contribution is 5.49. The number of rotatable bonds is 10. The molecule has 0 unspecified atom stereocenters. The first-order valence-electron chi connectivity index (χ1n) is 13.8. The number of aryl methyl sites for hydroxylation is 1. The zero-order valence-electron chi connectivity index (χ0n) is 22.7. The number of pyridine rings is 1. The fraction of sp³-hybridized carbons (Fsp3) is 0.333. The van der Waals surface area contributed by atoms with Gasteiger partial charge in [0.2, 0.25) is 0 Å². The number of imidazole rings is 1. The van der Waals surface area contributed by atoms with E-state index in [0.717, 1.165) is 49.9 Å².